The van der Waals surface area contributed by atoms with Gasteiger partial charge in [-0.2, -0.15) is 4.31 Å². The summed E-state index contributed by atoms with van der Waals surface area (Å²) < 4.78 is 26.6. The van der Waals surface area contributed by atoms with Crippen molar-refractivity contribution >= 4 is 31.7 Å². The number of hydrogen-bond acceptors (Lipinski definition) is 3. The Labute approximate surface area is 109 Å². The van der Waals surface area contributed by atoms with Crippen molar-refractivity contribution in [2.75, 3.05) is 13.1 Å². The van der Waals surface area contributed by atoms with Crippen LogP contribution in [0.2, 0.25) is 0 Å². The predicted molar refractivity (Wildman–Crippen MR) is 67.1 cm³/mol. The van der Waals surface area contributed by atoms with Crippen LogP contribution in [0.4, 0.5) is 0 Å². The lowest BCUT2D eigenvalue weighted by Gasteiger charge is -2.25. The summed E-state index contributed by atoms with van der Waals surface area (Å²) in [5.74, 6) is 0.130. The van der Waals surface area contributed by atoms with Gasteiger partial charge in [-0.3, -0.25) is 4.79 Å². The molecule has 4 nitrogen and oxygen atoms in total. The summed E-state index contributed by atoms with van der Waals surface area (Å²) in [5, 5.41) is 0. The van der Waals surface area contributed by atoms with Gasteiger partial charge in [-0.05, 0) is 18.2 Å². The Balaban J connectivity index is 2.27. The Morgan fingerprint density at radius 3 is 2.41 bits per heavy atom. The number of ketones is 1. The third kappa shape index (κ3) is 2.75. The maximum absolute atomic E-state index is 12.2. The van der Waals surface area contributed by atoms with Gasteiger partial charge in [0, 0.05) is 30.4 Å². The van der Waals surface area contributed by atoms with Crippen LogP contribution in [0.25, 0.3) is 0 Å². The molecule has 1 fully saturated rings. The topological polar surface area (TPSA) is 54.5 Å². The van der Waals surface area contributed by atoms with Crippen LogP contribution in [0.3, 0.4) is 0 Å². The molecule has 0 radical (unpaired) electrons. The van der Waals surface area contributed by atoms with Gasteiger partial charge in [0.25, 0.3) is 0 Å². The van der Waals surface area contributed by atoms with E-state index in [0.29, 0.717) is 12.8 Å². The molecule has 1 heterocycles. The van der Waals surface area contributed by atoms with Gasteiger partial charge in [0.2, 0.25) is 10.0 Å². The van der Waals surface area contributed by atoms with Crippen LogP contribution in [0.5, 0.6) is 0 Å². The number of carbonyl (C=O) groups excluding carboxylic acids is 1. The summed E-state index contributed by atoms with van der Waals surface area (Å²) in [4.78, 5) is 11.4. The van der Waals surface area contributed by atoms with Crippen LogP contribution in [-0.2, 0) is 14.8 Å². The molecule has 1 aliphatic heterocycles. The van der Waals surface area contributed by atoms with Crippen molar-refractivity contribution in [2.24, 2.45) is 0 Å². The van der Waals surface area contributed by atoms with E-state index in [9.17, 15) is 13.2 Å². The Kier molecular flexibility index (Phi) is 3.65. The van der Waals surface area contributed by atoms with Crippen molar-refractivity contribution in [2.45, 2.75) is 17.7 Å². The summed E-state index contributed by atoms with van der Waals surface area (Å²) in [5.41, 5.74) is 0. The number of benzene rings is 1. The lowest BCUT2D eigenvalue weighted by atomic mass is 10.1. The first-order valence-corrected chi connectivity index (χ1v) is 7.51. The van der Waals surface area contributed by atoms with Crippen molar-refractivity contribution in [1.29, 1.82) is 0 Å². The molecular weight excluding hydrogens is 306 g/mol. The average molecular weight is 318 g/mol. The van der Waals surface area contributed by atoms with E-state index in [1.807, 2.05) is 0 Å². The molecule has 0 amide bonds. The van der Waals surface area contributed by atoms with E-state index < -0.39 is 10.0 Å². The van der Waals surface area contributed by atoms with Crippen LogP contribution >= 0.6 is 15.9 Å². The molecule has 1 saturated heterocycles. The van der Waals surface area contributed by atoms with Crippen molar-refractivity contribution < 1.29 is 13.2 Å². The summed E-state index contributed by atoms with van der Waals surface area (Å²) in [6.07, 6.45) is 0.625. The molecule has 0 unspecified atom stereocenters. The molecule has 0 atom stereocenters. The second-order valence-electron chi connectivity index (χ2n) is 3.90. The van der Waals surface area contributed by atoms with E-state index in [1.54, 1.807) is 24.3 Å². The quantitative estimate of drug-likeness (QED) is 0.835. The Morgan fingerprint density at radius 1 is 1.18 bits per heavy atom. The molecule has 1 aromatic rings. The van der Waals surface area contributed by atoms with Crippen molar-refractivity contribution in [3.8, 4) is 0 Å². The molecule has 1 aromatic carbocycles. The molecule has 0 aromatic heterocycles. The van der Waals surface area contributed by atoms with Gasteiger partial charge < -0.3 is 0 Å². The van der Waals surface area contributed by atoms with E-state index in [0.717, 1.165) is 4.47 Å². The van der Waals surface area contributed by atoms with Gasteiger partial charge in [0.05, 0.1) is 4.90 Å². The third-order valence-electron chi connectivity index (χ3n) is 2.71. The fraction of sp³-hybridized carbons (Fsp3) is 0.364. The number of sulfonamides is 1. The van der Waals surface area contributed by atoms with E-state index in [2.05, 4.69) is 15.9 Å². The van der Waals surface area contributed by atoms with Crippen molar-refractivity contribution in [3.05, 3.63) is 28.7 Å². The lowest BCUT2D eigenvalue weighted by molar-refractivity contribution is -0.120. The fourth-order valence-corrected chi connectivity index (χ4v) is 3.79. The van der Waals surface area contributed by atoms with Gasteiger partial charge in [0.1, 0.15) is 5.78 Å². The Hall–Kier alpha value is -0.720. The third-order valence-corrected chi connectivity index (χ3v) is 5.10. The monoisotopic (exact) mass is 317 g/mol. The first kappa shape index (κ1) is 12.7. The highest BCUT2D eigenvalue weighted by atomic mass is 79.9. The summed E-state index contributed by atoms with van der Waals surface area (Å²) in [6.45, 7) is 0.571. The molecule has 17 heavy (non-hydrogen) atoms. The SMILES string of the molecule is O=C1CCN(S(=O)(=O)c2cccc(Br)c2)CC1. The zero-order chi connectivity index (χ0) is 12.5. The molecular formula is C11H12BrNO3S. The van der Waals surface area contributed by atoms with Crippen LogP contribution in [-0.4, -0.2) is 31.6 Å². The number of hydrogen-bond donors (Lipinski definition) is 0. The number of Topliss-reactive ketones (excluding diaryl/α,β-unsaturated/α-hetero) is 1. The Bertz CT molecular complexity index is 531. The van der Waals surface area contributed by atoms with E-state index >= 15 is 0 Å². The highest BCUT2D eigenvalue weighted by Crippen LogP contribution is 2.22. The summed E-state index contributed by atoms with van der Waals surface area (Å²) in [6, 6.07) is 6.60. The summed E-state index contributed by atoms with van der Waals surface area (Å²) >= 11 is 3.25. The zero-order valence-corrected chi connectivity index (χ0v) is 11.5. The molecule has 1 aliphatic rings. The average Bonchev–Trinajstić information content (AvgIpc) is 2.29. The van der Waals surface area contributed by atoms with Gasteiger partial charge in [-0.15, -0.1) is 0 Å². The first-order valence-electron chi connectivity index (χ1n) is 5.27. The normalized spacial score (nSPS) is 18.3. The van der Waals surface area contributed by atoms with Crippen LogP contribution in [0, 0.1) is 0 Å². The van der Waals surface area contributed by atoms with E-state index in [1.165, 1.54) is 4.31 Å². The standard InChI is InChI=1S/C11H12BrNO3S/c12-9-2-1-3-11(8-9)17(15,16)13-6-4-10(14)5-7-13/h1-3,8H,4-7H2. The number of carbonyl (C=O) groups is 1. The second kappa shape index (κ2) is 4.88. The largest absolute Gasteiger partial charge is 0.300 e. The highest BCUT2D eigenvalue weighted by molar-refractivity contribution is 9.10. The molecule has 0 spiro atoms. The molecule has 2 rings (SSSR count). The fourth-order valence-electron chi connectivity index (χ4n) is 1.75. The minimum absolute atomic E-state index is 0.130. The maximum atomic E-state index is 12.2. The highest BCUT2D eigenvalue weighted by Gasteiger charge is 2.28. The number of piperidine rings is 1. The van der Waals surface area contributed by atoms with Crippen LogP contribution < -0.4 is 0 Å². The first-order chi connectivity index (χ1) is 8.00. The van der Waals surface area contributed by atoms with Crippen LogP contribution in [0.1, 0.15) is 12.8 Å². The number of rotatable bonds is 2. The molecule has 92 valence electrons. The molecule has 6 heteroatoms. The Morgan fingerprint density at radius 2 is 1.82 bits per heavy atom. The zero-order valence-electron chi connectivity index (χ0n) is 9.10. The van der Waals surface area contributed by atoms with Gasteiger partial charge in [-0.1, -0.05) is 22.0 Å². The van der Waals surface area contributed by atoms with Gasteiger partial charge in [0.15, 0.2) is 0 Å². The molecule has 0 aliphatic carbocycles. The van der Waals surface area contributed by atoms with Crippen molar-refractivity contribution in [3.63, 3.8) is 0 Å². The van der Waals surface area contributed by atoms with E-state index in [-0.39, 0.29) is 23.8 Å². The lowest BCUT2D eigenvalue weighted by Crippen LogP contribution is -2.38. The van der Waals surface area contributed by atoms with E-state index in [4.69, 9.17) is 0 Å². The number of nitrogens with zero attached hydrogens (tertiary/aromatic N) is 1. The van der Waals surface area contributed by atoms with Crippen LogP contribution in [0.15, 0.2) is 33.6 Å². The predicted octanol–water partition coefficient (Wildman–Crippen LogP) is 1.80. The number of halogens is 1. The molecule has 0 saturated carbocycles. The molecule has 0 bridgehead atoms. The minimum atomic E-state index is -3.46. The maximum Gasteiger partial charge on any atom is 0.243 e. The second-order valence-corrected chi connectivity index (χ2v) is 6.75. The summed E-state index contributed by atoms with van der Waals surface area (Å²) in [7, 11) is -3.46. The van der Waals surface area contributed by atoms with Crippen molar-refractivity contribution in [1.82, 2.24) is 4.31 Å². The van der Waals surface area contributed by atoms with Gasteiger partial charge in [-0.25, -0.2) is 8.42 Å². The van der Waals surface area contributed by atoms with Gasteiger partial charge >= 0.3 is 0 Å². The smallest absolute Gasteiger partial charge is 0.243 e. The minimum Gasteiger partial charge on any atom is -0.300 e. The molecule has 0 N–H and O–H groups in total.